The smallest absolute Gasteiger partial charge is 0.222 e. The Bertz CT molecular complexity index is 569. The van der Waals surface area contributed by atoms with Crippen molar-refractivity contribution in [3.8, 4) is 0 Å². The van der Waals surface area contributed by atoms with Crippen molar-refractivity contribution in [1.29, 1.82) is 0 Å². The monoisotopic (exact) mass is 335 g/mol. The summed E-state index contributed by atoms with van der Waals surface area (Å²) < 4.78 is 24.9. The summed E-state index contributed by atoms with van der Waals surface area (Å²) in [5, 5.41) is 0. The Hall–Kier alpha value is -1.46. The van der Waals surface area contributed by atoms with Gasteiger partial charge < -0.3 is 14.4 Å². The predicted octanol–water partition coefficient (Wildman–Crippen LogP) is 2.94. The molecule has 0 bridgehead atoms. The Morgan fingerprint density at radius 3 is 2.92 bits per heavy atom. The van der Waals surface area contributed by atoms with E-state index in [-0.39, 0.29) is 23.4 Å². The third kappa shape index (κ3) is 3.78. The maximum atomic E-state index is 13.2. The van der Waals surface area contributed by atoms with E-state index in [0.29, 0.717) is 25.9 Å². The molecule has 2 fully saturated rings. The molecule has 1 unspecified atom stereocenters. The second-order valence-electron chi connectivity index (χ2n) is 6.79. The molecule has 132 valence electrons. The van der Waals surface area contributed by atoms with Crippen molar-refractivity contribution in [2.45, 2.75) is 50.2 Å². The zero-order valence-corrected chi connectivity index (χ0v) is 14.3. The first-order chi connectivity index (χ1) is 11.6. The summed E-state index contributed by atoms with van der Waals surface area (Å²) in [6, 6.07) is 6.47. The zero-order chi connectivity index (χ0) is 17.0. The lowest BCUT2D eigenvalue weighted by atomic mass is 9.81. The van der Waals surface area contributed by atoms with E-state index in [9.17, 15) is 9.18 Å². The largest absolute Gasteiger partial charge is 0.378 e. The quantitative estimate of drug-likeness (QED) is 0.849. The van der Waals surface area contributed by atoms with E-state index < -0.39 is 0 Å². The van der Waals surface area contributed by atoms with E-state index in [1.165, 1.54) is 12.1 Å². The highest BCUT2D eigenvalue weighted by Gasteiger charge is 2.45. The minimum atomic E-state index is -0.250. The summed E-state index contributed by atoms with van der Waals surface area (Å²) in [7, 11) is 1.75. The molecule has 3 rings (SSSR count). The van der Waals surface area contributed by atoms with Crippen LogP contribution in [0, 0.1) is 5.82 Å². The van der Waals surface area contributed by atoms with Gasteiger partial charge in [0, 0.05) is 33.2 Å². The number of carbonyl (C=O) groups excluding carboxylic acids is 1. The minimum absolute atomic E-state index is 0.135. The van der Waals surface area contributed by atoms with Gasteiger partial charge in [0.2, 0.25) is 5.91 Å². The Labute approximate surface area is 142 Å². The fourth-order valence-corrected chi connectivity index (χ4v) is 3.94. The first kappa shape index (κ1) is 17.4. The van der Waals surface area contributed by atoms with Crippen LogP contribution in [0.25, 0.3) is 0 Å². The maximum absolute atomic E-state index is 13.2. The lowest BCUT2D eigenvalue weighted by Gasteiger charge is -2.48. The molecule has 0 radical (unpaired) electrons. The average molecular weight is 335 g/mol. The number of hydrogen-bond donors (Lipinski definition) is 0. The molecule has 1 spiro atoms. The van der Waals surface area contributed by atoms with Crippen molar-refractivity contribution < 1.29 is 18.7 Å². The van der Waals surface area contributed by atoms with E-state index in [1.807, 2.05) is 11.0 Å². The molecule has 1 aromatic rings. The van der Waals surface area contributed by atoms with Crippen molar-refractivity contribution >= 4 is 5.91 Å². The van der Waals surface area contributed by atoms with Gasteiger partial charge in [-0.2, -0.15) is 0 Å². The van der Waals surface area contributed by atoms with E-state index in [4.69, 9.17) is 9.47 Å². The number of aryl methyl sites for hydroxylation is 1. The highest BCUT2D eigenvalue weighted by Crippen LogP contribution is 2.36. The number of carbonyl (C=O) groups is 1. The minimum Gasteiger partial charge on any atom is -0.378 e. The molecule has 5 heteroatoms. The molecule has 0 saturated carbocycles. The van der Waals surface area contributed by atoms with Crippen LogP contribution in [-0.4, -0.2) is 49.3 Å². The number of methoxy groups -OCH3 is 1. The lowest BCUT2D eigenvalue weighted by Crippen LogP contribution is -2.56. The van der Waals surface area contributed by atoms with Crippen molar-refractivity contribution in [3.63, 3.8) is 0 Å². The van der Waals surface area contributed by atoms with Gasteiger partial charge in [-0.05, 0) is 49.8 Å². The average Bonchev–Trinajstić information content (AvgIpc) is 2.61. The Morgan fingerprint density at radius 1 is 1.42 bits per heavy atom. The molecule has 1 atom stereocenters. The van der Waals surface area contributed by atoms with Crippen LogP contribution in [0.3, 0.4) is 0 Å². The van der Waals surface area contributed by atoms with Crippen molar-refractivity contribution in [3.05, 3.63) is 35.6 Å². The van der Waals surface area contributed by atoms with Crippen molar-refractivity contribution in [2.75, 3.05) is 26.8 Å². The predicted molar refractivity (Wildman–Crippen MR) is 89.2 cm³/mol. The maximum Gasteiger partial charge on any atom is 0.222 e. The number of amides is 1. The van der Waals surface area contributed by atoms with Crippen molar-refractivity contribution in [2.24, 2.45) is 0 Å². The summed E-state index contributed by atoms with van der Waals surface area (Å²) in [5.74, 6) is -0.112. The highest BCUT2D eigenvalue weighted by molar-refractivity contribution is 5.76. The first-order valence-corrected chi connectivity index (χ1v) is 8.82. The van der Waals surface area contributed by atoms with Crippen LogP contribution in [0.1, 0.15) is 37.7 Å². The SMILES string of the molecule is COC1CCCOC12CCN(C(=O)CCc1cccc(F)c1)CC2. The van der Waals surface area contributed by atoms with Gasteiger partial charge in [0.1, 0.15) is 5.82 Å². The van der Waals surface area contributed by atoms with Gasteiger partial charge in [0.25, 0.3) is 0 Å². The third-order valence-electron chi connectivity index (χ3n) is 5.35. The van der Waals surface area contributed by atoms with Crippen LogP contribution in [0.2, 0.25) is 0 Å². The Balaban J connectivity index is 1.51. The molecule has 0 N–H and O–H groups in total. The summed E-state index contributed by atoms with van der Waals surface area (Å²) in [5.41, 5.74) is 0.652. The van der Waals surface area contributed by atoms with E-state index >= 15 is 0 Å². The Kier molecular flexibility index (Phi) is 5.51. The van der Waals surface area contributed by atoms with Gasteiger partial charge in [-0.25, -0.2) is 4.39 Å². The number of piperidine rings is 1. The molecular formula is C19H26FNO3. The molecular weight excluding hydrogens is 309 g/mol. The van der Waals surface area contributed by atoms with Crippen LogP contribution in [-0.2, 0) is 20.7 Å². The normalized spacial score (nSPS) is 23.4. The summed E-state index contributed by atoms with van der Waals surface area (Å²) >= 11 is 0. The van der Waals surface area contributed by atoms with Crippen LogP contribution >= 0.6 is 0 Å². The number of ether oxygens (including phenoxy) is 2. The molecule has 24 heavy (non-hydrogen) atoms. The number of benzene rings is 1. The number of likely N-dealkylation sites (tertiary alicyclic amines) is 1. The molecule has 4 nitrogen and oxygen atoms in total. The van der Waals surface area contributed by atoms with Crippen LogP contribution < -0.4 is 0 Å². The van der Waals surface area contributed by atoms with Gasteiger partial charge in [-0.3, -0.25) is 4.79 Å². The van der Waals surface area contributed by atoms with Crippen molar-refractivity contribution in [1.82, 2.24) is 4.90 Å². The standard InChI is InChI=1S/C19H26FNO3/c1-23-17-6-3-13-24-19(17)9-11-21(12-10-19)18(22)8-7-15-4-2-5-16(20)14-15/h2,4-5,14,17H,3,6-13H2,1H3. The fraction of sp³-hybridized carbons (Fsp3) is 0.632. The van der Waals surface area contributed by atoms with Gasteiger partial charge in [0.05, 0.1) is 11.7 Å². The second-order valence-corrected chi connectivity index (χ2v) is 6.79. The topological polar surface area (TPSA) is 38.8 Å². The summed E-state index contributed by atoms with van der Waals surface area (Å²) in [6.07, 6.45) is 4.87. The number of hydrogen-bond acceptors (Lipinski definition) is 3. The van der Waals surface area contributed by atoms with E-state index in [2.05, 4.69) is 0 Å². The van der Waals surface area contributed by atoms with Gasteiger partial charge in [-0.15, -0.1) is 0 Å². The van der Waals surface area contributed by atoms with Crippen LogP contribution in [0.4, 0.5) is 4.39 Å². The third-order valence-corrected chi connectivity index (χ3v) is 5.35. The van der Waals surface area contributed by atoms with E-state index in [1.54, 1.807) is 13.2 Å². The fourth-order valence-electron chi connectivity index (χ4n) is 3.94. The van der Waals surface area contributed by atoms with Gasteiger partial charge in [-0.1, -0.05) is 12.1 Å². The molecule has 2 aliphatic rings. The molecule has 1 amide bonds. The molecule has 2 saturated heterocycles. The number of rotatable bonds is 4. The number of halogens is 1. The molecule has 2 aliphatic heterocycles. The lowest BCUT2D eigenvalue weighted by molar-refractivity contribution is -0.188. The second kappa shape index (κ2) is 7.62. The molecule has 0 aromatic heterocycles. The van der Waals surface area contributed by atoms with Gasteiger partial charge >= 0.3 is 0 Å². The Morgan fingerprint density at radius 2 is 2.21 bits per heavy atom. The van der Waals surface area contributed by atoms with Crippen LogP contribution in [0.5, 0.6) is 0 Å². The highest BCUT2D eigenvalue weighted by atomic mass is 19.1. The van der Waals surface area contributed by atoms with Gasteiger partial charge in [0.15, 0.2) is 0 Å². The molecule has 2 heterocycles. The van der Waals surface area contributed by atoms with E-state index in [0.717, 1.165) is 37.9 Å². The number of nitrogens with zero attached hydrogens (tertiary/aromatic N) is 1. The van der Waals surface area contributed by atoms with Crippen LogP contribution in [0.15, 0.2) is 24.3 Å². The summed E-state index contributed by atoms with van der Waals surface area (Å²) in [4.78, 5) is 14.4. The molecule has 0 aliphatic carbocycles. The summed E-state index contributed by atoms with van der Waals surface area (Å²) in [6.45, 7) is 2.21. The molecule has 1 aromatic carbocycles. The first-order valence-electron chi connectivity index (χ1n) is 8.82. The zero-order valence-electron chi connectivity index (χ0n) is 14.3.